The Morgan fingerprint density at radius 2 is 2.18 bits per heavy atom. The molecule has 0 spiro atoms. The summed E-state index contributed by atoms with van der Waals surface area (Å²) in [6, 6.07) is 4.01. The Morgan fingerprint density at radius 3 is 2.77 bits per heavy atom. The number of nitrogens with one attached hydrogen (secondary N) is 1. The van der Waals surface area contributed by atoms with Crippen LogP contribution in [0.15, 0.2) is 18.2 Å². The van der Waals surface area contributed by atoms with E-state index in [1.807, 2.05) is 0 Å². The Bertz CT molecular complexity index is 540. The molecule has 0 aromatic heterocycles. The van der Waals surface area contributed by atoms with E-state index in [0.717, 1.165) is 6.42 Å². The Morgan fingerprint density at radius 1 is 1.50 bits per heavy atom. The van der Waals surface area contributed by atoms with E-state index in [1.54, 1.807) is 19.9 Å². The van der Waals surface area contributed by atoms with Crippen molar-refractivity contribution >= 4 is 29.7 Å². The summed E-state index contributed by atoms with van der Waals surface area (Å²) in [5, 5.41) is 24.6. The monoisotopic (exact) mass is 350 g/mol. The molecule has 2 unspecified atom stereocenters. The van der Waals surface area contributed by atoms with Crippen LogP contribution in [0.3, 0.4) is 0 Å². The van der Waals surface area contributed by atoms with E-state index in [9.17, 15) is 15.2 Å². The first-order valence-electron chi connectivity index (χ1n) is 6.81. The van der Waals surface area contributed by atoms with E-state index in [1.165, 1.54) is 12.1 Å². The van der Waals surface area contributed by atoms with Gasteiger partial charge < -0.3 is 15.2 Å². The Labute approximate surface area is 140 Å². The Kier molecular flexibility index (Phi) is 6.43. The number of ether oxygens (including phenoxy) is 1. The van der Waals surface area contributed by atoms with Gasteiger partial charge in [0.15, 0.2) is 0 Å². The molecule has 8 heteroatoms. The number of benzene rings is 1. The van der Waals surface area contributed by atoms with Crippen molar-refractivity contribution in [3.63, 3.8) is 0 Å². The second-order valence-electron chi connectivity index (χ2n) is 5.60. The predicted octanol–water partition coefficient (Wildman–Crippen LogP) is 2.81. The van der Waals surface area contributed by atoms with Gasteiger partial charge in [-0.1, -0.05) is 0 Å². The minimum atomic E-state index is -0.817. The molecular formula is C14H20Cl2N2O4. The fourth-order valence-electron chi connectivity index (χ4n) is 2.45. The summed E-state index contributed by atoms with van der Waals surface area (Å²) in [5.74, 6) is 1.07. The zero-order chi connectivity index (χ0) is 15.6. The number of alkyl halides is 1. The lowest BCUT2D eigenvalue weighted by Crippen LogP contribution is -2.52. The normalized spacial score (nSPS) is 22.2. The molecule has 0 fully saturated rings. The summed E-state index contributed by atoms with van der Waals surface area (Å²) >= 11 is 5.66. The quantitative estimate of drug-likeness (QED) is 0.369. The van der Waals surface area contributed by atoms with Crippen molar-refractivity contribution < 1.29 is 14.8 Å². The molecule has 2 atom stereocenters. The number of rotatable bonds is 5. The number of fused-ring (bicyclic) bond motifs is 1. The zero-order valence-corrected chi connectivity index (χ0v) is 14.0. The zero-order valence-electron chi connectivity index (χ0n) is 12.4. The van der Waals surface area contributed by atoms with Gasteiger partial charge in [0.05, 0.1) is 11.0 Å². The van der Waals surface area contributed by atoms with Gasteiger partial charge in [-0.05, 0) is 32.9 Å². The van der Waals surface area contributed by atoms with Gasteiger partial charge in [0.1, 0.15) is 17.5 Å². The molecule has 124 valence electrons. The summed E-state index contributed by atoms with van der Waals surface area (Å²) < 4.78 is 5.76. The van der Waals surface area contributed by atoms with Crippen molar-refractivity contribution in [2.45, 2.75) is 38.0 Å². The highest BCUT2D eigenvalue weighted by Crippen LogP contribution is 2.41. The van der Waals surface area contributed by atoms with Crippen molar-refractivity contribution in [3.05, 3.63) is 33.9 Å². The topological polar surface area (TPSA) is 84.6 Å². The number of hydrogen-bond donors (Lipinski definition) is 2. The molecule has 1 aromatic rings. The van der Waals surface area contributed by atoms with E-state index < -0.39 is 22.7 Å². The van der Waals surface area contributed by atoms with Gasteiger partial charge >= 0.3 is 0 Å². The fourth-order valence-corrected chi connectivity index (χ4v) is 2.58. The van der Waals surface area contributed by atoms with E-state index in [4.69, 9.17) is 16.3 Å². The van der Waals surface area contributed by atoms with Crippen LogP contribution in [0.4, 0.5) is 5.69 Å². The Balaban J connectivity index is 0.00000242. The third-order valence-electron chi connectivity index (χ3n) is 3.61. The largest absolute Gasteiger partial charge is 0.485 e. The van der Waals surface area contributed by atoms with Crippen molar-refractivity contribution in [2.75, 3.05) is 12.4 Å². The van der Waals surface area contributed by atoms with E-state index in [-0.39, 0.29) is 18.1 Å². The van der Waals surface area contributed by atoms with Crippen molar-refractivity contribution in [3.8, 4) is 5.75 Å². The molecule has 0 amide bonds. The molecule has 0 aliphatic carbocycles. The van der Waals surface area contributed by atoms with Crippen LogP contribution in [-0.4, -0.2) is 34.2 Å². The molecule has 22 heavy (non-hydrogen) atoms. The smallest absolute Gasteiger partial charge is 0.270 e. The molecule has 0 bridgehead atoms. The fraction of sp³-hybridized carbons (Fsp3) is 0.571. The van der Waals surface area contributed by atoms with E-state index >= 15 is 0 Å². The standard InChI is InChI=1S/C14H19ClN2O4.ClH/c1-14(2)13(18)12(16-7-3-6-15)10-8-9(17(19)20)4-5-11(10)21-14;/h4-5,8,12-13,16,18H,3,6-7H2,1-2H3;1H. The maximum absolute atomic E-state index is 10.9. The number of nitro groups is 1. The van der Waals surface area contributed by atoms with Gasteiger partial charge in [-0.3, -0.25) is 10.1 Å². The van der Waals surface area contributed by atoms with Crippen LogP contribution in [0.25, 0.3) is 0 Å². The molecule has 0 saturated carbocycles. The van der Waals surface area contributed by atoms with Gasteiger partial charge in [-0.2, -0.15) is 0 Å². The van der Waals surface area contributed by atoms with Crippen LogP contribution in [-0.2, 0) is 0 Å². The van der Waals surface area contributed by atoms with Crippen LogP contribution in [0.1, 0.15) is 31.9 Å². The lowest BCUT2D eigenvalue weighted by atomic mass is 9.86. The number of aliphatic hydroxyl groups is 1. The van der Waals surface area contributed by atoms with Gasteiger partial charge in [0.2, 0.25) is 0 Å². The number of hydrogen-bond acceptors (Lipinski definition) is 5. The van der Waals surface area contributed by atoms with Gasteiger partial charge in [0.25, 0.3) is 5.69 Å². The molecule has 1 aliphatic rings. The average Bonchev–Trinajstić information content (AvgIpc) is 2.42. The Hall–Kier alpha value is -1.08. The van der Waals surface area contributed by atoms with Crippen LogP contribution in [0.5, 0.6) is 5.75 Å². The summed E-state index contributed by atoms with van der Waals surface area (Å²) in [7, 11) is 0. The number of aliphatic hydroxyl groups excluding tert-OH is 1. The molecule has 1 aromatic carbocycles. The number of nitrogens with zero attached hydrogens (tertiary/aromatic N) is 1. The molecular weight excluding hydrogens is 331 g/mol. The second kappa shape index (κ2) is 7.46. The van der Waals surface area contributed by atoms with Gasteiger partial charge in [-0.15, -0.1) is 24.0 Å². The highest BCUT2D eigenvalue weighted by molar-refractivity contribution is 6.17. The molecule has 2 rings (SSSR count). The first-order chi connectivity index (χ1) is 9.86. The summed E-state index contributed by atoms with van der Waals surface area (Å²) in [6.07, 6.45) is -0.0709. The minimum absolute atomic E-state index is 0. The molecule has 6 nitrogen and oxygen atoms in total. The van der Waals surface area contributed by atoms with Gasteiger partial charge in [-0.25, -0.2) is 0 Å². The van der Waals surface area contributed by atoms with Crippen LogP contribution >= 0.6 is 24.0 Å². The molecule has 1 heterocycles. The lowest BCUT2D eigenvalue weighted by Gasteiger charge is -2.42. The predicted molar refractivity (Wildman–Crippen MR) is 87.1 cm³/mol. The molecule has 2 N–H and O–H groups in total. The van der Waals surface area contributed by atoms with Crippen LogP contribution in [0, 0.1) is 10.1 Å². The van der Waals surface area contributed by atoms with Crippen molar-refractivity contribution in [1.82, 2.24) is 5.32 Å². The first-order valence-corrected chi connectivity index (χ1v) is 7.35. The maximum atomic E-state index is 10.9. The summed E-state index contributed by atoms with van der Waals surface area (Å²) in [6.45, 7) is 4.19. The first kappa shape index (κ1) is 19.0. The van der Waals surface area contributed by atoms with E-state index in [2.05, 4.69) is 5.32 Å². The minimum Gasteiger partial charge on any atom is -0.485 e. The van der Waals surface area contributed by atoms with Crippen molar-refractivity contribution in [2.24, 2.45) is 0 Å². The highest BCUT2D eigenvalue weighted by Gasteiger charge is 2.43. The van der Waals surface area contributed by atoms with Crippen molar-refractivity contribution in [1.29, 1.82) is 0 Å². The van der Waals surface area contributed by atoms with Crippen LogP contribution in [0.2, 0.25) is 0 Å². The third-order valence-corrected chi connectivity index (χ3v) is 3.88. The SMILES string of the molecule is CC1(C)Oc2ccc([N+](=O)[O-])cc2C(NCCCCl)C1O.Cl. The average molecular weight is 351 g/mol. The summed E-state index contributed by atoms with van der Waals surface area (Å²) in [5.41, 5.74) is -0.194. The third kappa shape index (κ3) is 3.81. The maximum Gasteiger partial charge on any atom is 0.270 e. The highest BCUT2D eigenvalue weighted by atomic mass is 35.5. The van der Waals surface area contributed by atoms with Crippen LogP contribution < -0.4 is 10.1 Å². The lowest BCUT2D eigenvalue weighted by molar-refractivity contribution is -0.385. The number of halogens is 2. The number of nitro benzene ring substituents is 1. The van der Waals surface area contributed by atoms with E-state index in [0.29, 0.717) is 23.7 Å². The molecule has 1 aliphatic heterocycles. The molecule has 0 radical (unpaired) electrons. The second-order valence-corrected chi connectivity index (χ2v) is 5.98. The number of non-ortho nitro benzene ring substituents is 1. The van der Waals surface area contributed by atoms with Gasteiger partial charge in [0, 0.05) is 23.6 Å². The summed E-state index contributed by atoms with van der Waals surface area (Å²) in [4.78, 5) is 10.5. The molecule has 0 saturated heterocycles.